The van der Waals surface area contributed by atoms with E-state index in [0.717, 1.165) is 22.8 Å². The molecule has 24 heavy (non-hydrogen) atoms. The number of fused-ring (bicyclic) bond motifs is 1. The molecule has 1 N–H and O–H groups in total. The van der Waals surface area contributed by atoms with E-state index < -0.39 is 18.1 Å². The normalized spacial score (nSPS) is 18.3. The predicted octanol–water partition coefficient (Wildman–Crippen LogP) is 2.22. The molecule has 2 aromatic carbocycles. The van der Waals surface area contributed by atoms with E-state index in [1.165, 1.54) is 7.11 Å². The second-order valence-corrected chi connectivity index (χ2v) is 5.97. The first-order valence-corrected chi connectivity index (χ1v) is 8.15. The van der Waals surface area contributed by atoms with Crippen molar-refractivity contribution in [1.29, 1.82) is 0 Å². The van der Waals surface area contributed by atoms with Crippen molar-refractivity contribution in [2.45, 2.75) is 31.4 Å². The smallest absolute Gasteiger partial charge is 0.328 e. The summed E-state index contributed by atoms with van der Waals surface area (Å²) >= 11 is 0. The number of methoxy groups -OCH3 is 1. The average Bonchev–Trinajstić information content (AvgIpc) is 3.15. The summed E-state index contributed by atoms with van der Waals surface area (Å²) in [7, 11) is 1.33. The van der Waals surface area contributed by atoms with Gasteiger partial charge in [0.25, 0.3) is 0 Å². The van der Waals surface area contributed by atoms with Crippen LogP contribution in [0.4, 0.5) is 0 Å². The van der Waals surface area contributed by atoms with Crippen LogP contribution in [0.3, 0.4) is 0 Å². The molecule has 5 nitrogen and oxygen atoms in total. The summed E-state index contributed by atoms with van der Waals surface area (Å²) in [4.78, 5) is 24.3. The van der Waals surface area contributed by atoms with Crippen molar-refractivity contribution in [2.75, 3.05) is 13.7 Å². The van der Waals surface area contributed by atoms with Crippen LogP contribution in [0.1, 0.15) is 18.4 Å². The van der Waals surface area contributed by atoms with E-state index in [0.29, 0.717) is 19.4 Å². The quantitative estimate of drug-likeness (QED) is 0.855. The molecule has 1 heterocycles. The molecule has 126 valence electrons. The van der Waals surface area contributed by atoms with Crippen molar-refractivity contribution in [3.63, 3.8) is 0 Å². The molecule has 3 rings (SSSR count). The minimum atomic E-state index is -0.715. The van der Waals surface area contributed by atoms with Gasteiger partial charge in [0.1, 0.15) is 12.1 Å². The van der Waals surface area contributed by atoms with Gasteiger partial charge in [0.05, 0.1) is 7.11 Å². The Kier molecular flexibility index (Phi) is 5.11. The van der Waals surface area contributed by atoms with Crippen molar-refractivity contribution in [2.24, 2.45) is 0 Å². The highest BCUT2D eigenvalue weighted by Crippen LogP contribution is 2.17. The van der Waals surface area contributed by atoms with Crippen molar-refractivity contribution in [1.82, 2.24) is 5.32 Å². The predicted molar refractivity (Wildman–Crippen MR) is 90.6 cm³/mol. The van der Waals surface area contributed by atoms with Gasteiger partial charge in [-0.2, -0.15) is 0 Å². The fraction of sp³-hybridized carbons (Fsp3) is 0.368. The fourth-order valence-electron chi connectivity index (χ4n) is 2.99. The van der Waals surface area contributed by atoms with Crippen molar-refractivity contribution >= 4 is 22.6 Å². The van der Waals surface area contributed by atoms with Gasteiger partial charge in [-0.15, -0.1) is 0 Å². The van der Waals surface area contributed by atoms with Gasteiger partial charge >= 0.3 is 5.97 Å². The van der Waals surface area contributed by atoms with Crippen LogP contribution >= 0.6 is 0 Å². The SMILES string of the molecule is COC(=O)[C@H](Cc1ccc2ccccc2c1)NC(=O)[C@H]1CCCO1. The number of carbonyl (C=O) groups is 2. The molecule has 0 aromatic heterocycles. The molecule has 0 aliphatic carbocycles. The summed E-state index contributed by atoms with van der Waals surface area (Å²) in [6.07, 6.45) is 1.48. The Morgan fingerprint density at radius 1 is 1.25 bits per heavy atom. The number of esters is 1. The number of carbonyl (C=O) groups excluding carboxylic acids is 2. The standard InChI is InChI=1S/C19H21NO4/c1-23-19(22)16(20-18(21)17-7-4-10-24-17)12-13-8-9-14-5-2-3-6-15(14)11-13/h2-3,5-6,8-9,11,16-17H,4,7,10,12H2,1H3,(H,20,21)/t16-,17+/m0/s1. The first kappa shape index (κ1) is 16.5. The maximum absolute atomic E-state index is 12.2. The molecule has 1 fully saturated rings. The minimum Gasteiger partial charge on any atom is -0.467 e. The van der Waals surface area contributed by atoms with E-state index >= 15 is 0 Å². The van der Waals surface area contributed by atoms with Crippen LogP contribution in [0.5, 0.6) is 0 Å². The zero-order valence-electron chi connectivity index (χ0n) is 13.7. The minimum absolute atomic E-state index is 0.247. The summed E-state index contributed by atoms with van der Waals surface area (Å²) in [6, 6.07) is 13.3. The Balaban J connectivity index is 1.75. The lowest BCUT2D eigenvalue weighted by Crippen LogP contribution is -2.47. The molecule has 0 bridgehead atoms. The fourth-order valence-corrected chi connectivity index (χ4v) is 2.99. The molecule has 0 saturated carbocycles. The number of hydrogen-bond acceptors (Lipinski definition) is 4. The Hall–Kier alpha value is -2.40. The number of hydrogen-bond donors (Lipinski definition) is 1. The van der Waals surface area contributed by atoms with Crippen LogP contribution in [-0.4, -0.2) is 37.7 Å². The monoisotopic (exact) mass is 327 g/mol. The molecule has 1 aliphatic heterocycles. The zero-order valence-corrected chi connectivity index (χ0v) is 13.7. The third kappa shape index (κ3) is 3.74. The Bertz CT molecular complexity index is 737. The number of ether oxygens (including phenoxy) is 2. The molecule has 0 spiro atoms. The Morgan fingerprint density at radius 3 is 2.75 bits per heavy atom. The van der Waals surface area contributed by atoms with Gasteiger partial charge in [0.2, 0.25) is 5.91 Å². The third-order valence-electron chi connectivity index (χ3n) is 4.28. The van der Waals surface area contributed by atoms with E-state index in [2.05, 4.69) is 5.32 Å². The molecule has 0 unspecified atom stereocenters. The van der Waals surface area contributed by atoms with Crippen LogP contribution in [0.25, 0.3) is 10.8 Å². The lowest BCUT2D eigenvalue weighted by Gasteiger charge is -2.19. The summed E-state index contributed by atoms with van der Waals surface area (Å²) in [5.41, 5.74) is 0.969. The van der Waals surface area contributed by atoms with Crippen molar-refractivity contribution in [3.05, 3.63) is 48.0 Å². The molecule has 5 heteroatoms. The summed E-state index contributed by atoms with van der Waals surface area (Å²) in [6.45, 7) is 0.589. The van der Waals surface area contributed by atoms with Crippen molar-refractivity contribution < 1.29 is 19.1 Å². The van der Waals surface area contributed by atoms with Gasteiger partial charge in [0, 0.05) is 13.0 Å². The number of benzene rings is 2. The van der Waals surface area contributed by atoms with Gasteiger partial charge < -0.3 is 14.8 Å². The second kappa shape index (κ2) is 7.45. The highest BCUT2D eigenvalue weighted by Gasteiger charge is 2.29. The zero-order chi connectivity index (χ0) is 16.9. The van der Waals surface area contributed by atoms with E-state index in [1.54, 1.807) is 0 Å². The van der Waals surface area contributed by atoms with Crippen LogP contribution in [-0.2, 0) is 25.5 Å². The molecule has 2 aromatic rings. The first-order chi connectivity index (χ1) is 11.7. The van der Waals surface area contributed by atoms with E-state index in [9.17, 15) is 9.59 Å². The van der Waals surface area contributed by atoms with Gasteiger partial charge in [-0.25, -0.2) is 4.79 Å². The Labute approximate surface area is 140 Å². The van der Waals surface area contributed by atoms with E-state index in [4.69, 9.17) is 9.47 Å². The molecular weight excluding hydrogens is 306 g/mol. The van der Waals surface area contributed by atoms with Crippen molar-refractivity contribution in [3.8, 4) is 0 Å². The Morgan fingerprint density at radius 2 is 2.04 bits per heavy atom. The van der Waals surface area contributed by atoms with Gasteiger partial charge in [-0.05, 0) is 29.2 Å². The van der Waals surface area contributed by atoms with Crippen LogP contribution in [0.2, 0.25) is 0 Å². The van der Waals surface area contributed by atoms with E-state index in [-0.39, 0.29) is 5.91 Å². The molecule has 1 amide bonds. The second-order valence-electron chi connectivity index (χ2n) is 5.97. The number of nitrogens with one attached hydrogen (secondary N) is 1. The molecule has 1 saturated heterocycles. The molecule has 2 atom stereocenters. The van der Waals surface area contributed by atoms with E-state index in [1.807, 2.05) is 42.5 Å². The summed E-state index contributed by atoms with van der Waals surface area (Å²) in [5.74, 6) is -0.696. The number of rotatable bonds is 5. The lowest BCUT2D eigenvalue weighted by atomic mass is 10.0. The summed E-state index contributed by atoms with van der Waals surface area (Å²) < 4.78 is 10.2. The average molecular weight is 327 g/mol. The largest absolute Gasteiger partial charge is 0.467 e. The van der Waals surface area contributed by atoms with Gasteiger partial charge in [0.15, 0.2) is 0 Å². The lowest BCUT2D eigenvalue weighted by molar-refractivity contribution is -0.146. The highest BCUT2D eigenvalue weighted by atomic mass is 16.5. The molecule has 0 radical (unpaired) electrons. The molecular formula is C19H21NO4. The van der Waals surface area contributed by atoms with Crippen LogP contribution in [0, 0.1) is 0 Å². The van der Waals surface area contributed by atoms with Gasteiger partial charge in [-0.3, -0.25) is 4.79 Å². The summed E-state index contributed by atoms with van der Waals surface area (Å²) in [5, 5.41) is 5.01. The highest BCUT2D eigenvalue weighted by molar-refractivity contribution is 5.87. The van der Waals surface area contributed by atoms with Gasteiger partial charge in [-0.1, -0.05) is 42.5 Å². The maximum atomic E-state index is 12.2. The maximum Gasteiger partial charge on any atom is 0.328 e. The van der Waals surface area contributed by atoms with Crippen LogP contribution in [0.15, 0.2) is 42.5 Å². The first-order valence-electron chi connectivity index (χ1n) is 8.15. The van der Waals surface area contributed by atoms with Crippen LogP contribution < -0.4 is 5.32 Å². The number of amides is 1. The third-order valence-corrected chi connectivity index (χ3v) is 4.28. The molecule has 1 aliphatic rings. The topological polar surface area (TPSA) is 64.6 Å².